The first-order valence-corrected chi connectivity index (χ1v) is 14.7. The van der Waals surface area contributed by atoms with Gasteiger partial charge in [0.1, 0.15) is 18.1 Å². The molecule has 0 bridgehead atoms. The topological polar surface area (TPSA) is 60.5 Å². The van der Waals surface area contributed by atoms with Crippen LogP contribution in [0.1, 0.15) is 63.0 Å². The van der Waals surface area contributed by atoms with Gasteiger partial charge in [0.05, 0.1) is 32.1 Å². The third kappa shape index (κ3) is 7.49. The molecule has 1 saturated carbocycles. The summed E-state index contributed by atoms with van der Waals surface area (Å²) in [5, 5.41) is 0. The summed E-state index contributed by atoms with van der Waals surface area (Å²) >= 11 is 0. The van der Waals surface area contributed by atoms with Crippen LogP contribution in [0.2, 0.25) is 0 Å². The third-order valence-electron chi connectivity index (χ3n) is 8.45. The van der Waals surface area contributed by atoms with E-state index in [4.69, 9.17) is 18.9 Å². The first-order valence-electron chi connectivity index (χ1n) is 14.7. The first kappa shape index (κ1) is 30.2. The van der Waals surface area contributed by atoms with Crippen molar-refractivity contribution in [2.75, 3.05) is 59.5 Å². The highest BCUT2D eigenvalue weighted by Crippen LogP contribution is 2.44. The number of methoxy groups -OCH3 is 2. The van der Waals surface area contributed by atoms with Gasteiger partial charge in [-0.2, -0.15) is 0 Å². The first-order chi connectivity index (χ1) is 19.2. The van der Waals surface area contributed by atoms with Crippen molar-refractivity contribution >= 4 is 11.6 Å². The van der Waals surface area contributed by atoms with Gasteiger partial charge >= 0.3 is 0 Å². The Morgan fingerprint density at radius 3 is 2.58 bits per heavy atom. The van der Waals surface area contributed by atoms with Crippen LogP contribution in [0.4, 0.5) is 5.69 Å². The SMILES string of the molecule is COCCCN1CCOc2ccc(CO[C@H]3CC[C@H](CC(C)(C)C(=O)N(C)C)C[C@@H]3c3ccc(OC)cc3)cc21. The standard InChI is InChI=1S/C33H48N2O5/c1-33(2,32(36)34(3)4)22-24-8-14-30(28(20-24)26-10-12-27(38-6)13-11-26)40-23-25-9-15-31-29(21-25)35(17-19-39-31)16-7-18-37-5/h9-13,15,21,24,28,30H,7-8,14,16-20,22-23H2,1-6H3/t24-,28+,30-/m0/s1. The van der Waals surface area contributed by atoms with Crippen LogP contribution in [-0.2, 0) is 20.9 Å². The Kier molecular flexibility index (Phi) is 10.4. The van der Waals surface area contributed by atoms with Crippen molar-refractivity contribution < 1.29 is 23.7 Å². The van der Waals surface area contributed by atoms with Crippen LogP contribution < -0.4 is 14.4 Å². The summed E-state index contributed by atoms with van der Waals surface area (Å²) in [6, 6.07) is 14.9. The van der Waals surface area contributed by atoms with Crippen molar-refractivity contribution in [3.63, 3.8) is 0 Å². The number of hydrogen-bond donors (Lipinski definition) is 0. The van der Waals surface area contributed by atoms with Crippen molar-refractivity contribution in [3.05, 3.63) is 53.6 Å². The molecule has 0 saturated heterocycles. The minimum absolute atomic E-state index is 0.113. The van der Waals surface area contributed by atoms with Gasteiger partial charge in [-0.15, -0.1) is 0 Å². The average molecular weight is 553 g/mol. The van der Waals surface area contributed by atoms with Gasteiger partial charge in [0.15, 0.2) is 0 Å². The van der Waals surface area contributed by atoms with Gasteiger partial charge in [-0.25, -0.2) is 0 Å². The molecule has 7 nitrogen and oxygen atoms in total. The van der Waals surface area contributed by atoms with E-state index in [1.807, 2.05) is 26.2 Å². The lowest BCUT2D eigenvalue weighted by Gasteiger charge is -2.39. The molecule has 3 atom stereocenters. The molecule has 1 amide bonds. The Balaban J connectivity index is 1.47. The number of benzene rings is 2. The zero-order chi connectivity index (χ0) is 28.7. The van der Waals surface area contributed by atoms with Crippen molar-refractivity contribution in [1.82, 2.24) is 4.90 Å². The molecule has 0 radical (unpaired) electrons. The van der Waals surface area contributed by atoms with E-state index in [9.17, 15) is 4.79 Å². The van der Waals surface area contributed by atoms with Crippen molar-refractivity contribution in [1.29, 1.82) is 0 Å². The fourth-order valence-corrected chi connectivity index (χ4v) is 6.47. The molecule has 2 aromatic rings. The summed E-state index contributed by atoms with van der Waals surface area (Å²) in [5.74, 6) is 2.73. The summed E-state index contributed by atoms with van der Waals surface area (Å²) in [5.41, 5.74) is 3.20. The highest BCUT2D eigenvalue weighted by molar-refractivity contribution is 5.81. The van der Waals surface area contributed by atoms with E-state index in [0.717, 1.165) is 74.6 Å². The van der Waals surface area contributed by atoms with Crippen molar-refractivity contribution in [2.24, 2.45) is 11.3 Å². The zero-order valence-electron chi connectivity index (χ0n) is 25.3. The molecular formula is C33H48N2O5. The van der Waals surface area contributed by atoms with E-state index >= 15 is 0 Å². The predicted octanol–water partition coefficient (Wildman–Crippen LogP) is 5.90. The van der Waals surface area contributed by atoms with Crippen LogP contribution in [0.15, 0.2) is 42.5 Å². The second kappa shape index (κ2) is 13.7. The molecule has 1 heterocycles. The molecule has 220 valence electrons. The van der Waals surface area contributed by atoms with Gasteiger partial charge in [-0.05, 0) is 73.4 Å². The number of carbonyl (C=O) groups excluding carboxylic acids is 1. The zero-order valence-corrected chi connectivity index (χ0v) is 25.3. The largest absolute Gasteiger partial charge is 0.497 e. The van der Waals surface area contributed by atoms with Gasteiger partial charge in [-0.1, -0.05) is 32.0 Å². The van der Waals surface area contributed by atoms with E-state index in [2.05, 4.69) is 49.1 Å². The molecule has 0 unspecified atom stereocenters. The highest BCUT2D eigenvalue weighted by atomic mass is 16.5. The maximum absolute atomic E-state index is 12.9. The number of fused-ring (bicyclic) bond motifs is 1. The fourth-order valence-electron chi connectivity index (χ4n) is 6.47. The molecule has 40 heavy (non-hydrogen) atoms. The van der Waals surface area contributed by atoms with Crippen LogP contribution in [0, 0.1) is 11.3 Å². The van der Waals surface area contributed by atoms with Crippen LogP contribution in [0.3, 0.4) is 0 Å². The van der Waals surface area contributed by atoms with E-state index in [0.29, 0.717) is 19.1 Å². The maximum atomic E-state index is 12.9. The number of amides is 1. The van der Waals surface area contributed by atoms with Gasteiger partial charge in [0, 0.05) is 45.7 Å². The van der Waals surface area contributed by atoms with E-state index in [1.54, 1.807) is 19.1 Å². The lowest BCUT2D eigenvalue weighted by Crippen LogP contribution is -2.39. The number of nitrogens with zero attached hydrogens (tertiary/aromatic N) is 2. The summed E-state index contributed by atoms with van der Waals surface area (Å²) in [7, 11) is 7.14. The summed E-state index contributed by atoms with van der Waals surface area (Å²) < 4.78 is 23.3. The minimum Gasteiger partial charge on any atom is -0.497 e. The number of carbonyl (C=O) groups is 1. The Labute approximate surface area is 240 Å². The number of ether oxygens (including phenoxy) is 4. The molecule has 0 aromatic heterocycles. The molecule has 0 N–H and O–H groups in total. The van der Waals surface area contributed by atoms with Crippen molar-refractivity contribution in [2.45, 2.75) is 64.6 Å². The molecule has 4 rings (SSSR count). The average Bonchev–Trinajstić information content (AvgIpc) is 2.96. The highest BCUT2D eigenvalue weighted by Gasteiger charge is 2.38. The molecule has 2 aromatic carbocycles. The molecule has 2 aliphatic rings. The summed E-state index contributed by atoms with van der Waals surface area (Å²) in [6.45, 7) is 8.02. The second-order valence-corrected chi connectivity index (χ2v) is 12.2. The molecule has 0 spiro atoms. The summed E-state index contributed by atoms with van der Waals surface area (Å²) in [6.07, 6.45) is 5.03. The summed E-state index contributed by atoms with van der Waals surface area (Å²) in [4.78, 5) is 17.0. The van der Waals surface area contributed by atoms with Crippen LogP contribution in [-0.4, -0.2) is 71.5 Å². The Morgan fingerprint density at radius 1 is 1.10 bits per heavy atom. The van der Waals surface area contributed by atoms with E-state index < -0.39 is 0 Å². The van der Waals surface area contributed by atoms with Gasteiger partial charge in [0.25, 0.3) is 0 Å². The number of hydrogen-bond acceptors (Lipinski definition) is 6. The van der Waals surface area contributed by atoms with Gasteiger partial charge in [0.2, 0.25) is 5.91 Å². The Morgan fingerprint density at radius 2 is 1.88 bits per heavy atom. The second-order valence-electron chi connectivity index (χ2n) is 12.2. The molecule has 1 fully saturated rings. The molecule has 1 aliphatic heterocycles. The lowest BCUT2D eigenvalue weighted by molar-refractivity contribution is -0.139. The maximum Gasteiger partial charge on any atom is 0.227 e. The van der Waals surface area contributed by atoms with Gasteiger partial charge < -0.3 is 28.7 Å². The van der Waals surface area contributed by atoms with Gasteiger partial charge in [-0.3, -0.25) is 4.79 Å². The normalized spacial score (nSPS) is 20.9. The van der Waals surface area contributed by atoms with E-state index in [-0.39, 0.29) is 23.3 Å². The van der Waals surface area contributed by atoms with E-state index in [1.165, 1.54) is 5.56 Å². The number of anilines is 1. The van der Waals surface area contributed by atoms with Crippen LogP contribution >= 0.6 is 0 Å². The smallest absolute Gasteiger partial charge is 0.227 e. The Bertz CT molecular complexity index is 1100. The lowest BCUT2D eigenvalue weighted by atomic mass is 9.70. The Hall–Kier alpha value is -2.77. The quantitative estimate of drug-likeness (QED) is 0.306. The van der Waals surface area contributed by atoms with Crippen LogP contribution in [0.25, 0.3) is 0 Å². The van der Waals surface area contributed by atoms with Crippen molar-refractivity contribution in [3.8, 4) is 11.5 Å². The molecular weight excluding hydrogens is 504 g/mol. The molecule has 7 heteroatoms. The fraction of sp³-hybridized carbons (Fsp3) is 0.606. The third-order valence-corrected chi connectivity index (χ3v) is 8.45. The monoisotopic (exact) mass is 552 g/mol. The molecule has 1 aliphatic carbocycles. The predicted molar refractivity (Wildman–Crippen MR) is 159 cm³/mol. The van der Waals surface area contributed by atoms with Crippen LogP contribution in [0.5, 0.6) is 11.5 Å². The number of rotatable bonds is 12. The minimum atomic E-state index is -0.382.